The lowest BCUT2D eigenvalue weighted by molar-refractivity contribution is 0.0601. The summed E-state index contributed by atoms with van der Waals surface area (Å²) in [5.41, 5.74) is 2.21. The van der Waals surface area contributed by atoms with Gasteiger partial charge in [0.25, 0.3) is 11.8 Å². The van der Waals surface area contributed by atoms with Crippen LogP contribution in [0.25, 0.3) is 11.0 Å². The van der Waals surface area contributed by atoms with Gasteiger partial charge in [0.2, 0.25) is 5.76 Å². The first-order valence-corrected chi connectivity index (χ1v) is 11.2. The molecule has 0 spiro atoms. The number of piperazine rings is 1. The van der Waals surface area contributed by atoms with E-state index in [2.05, 4.69) is 22.3 Å². The highest BCUT2D eigenvalue weighted by atomic mass is 19.1. The van der Waals surface area contributed by atoms with Crippen LogP contribution < -0.4 is 5.32 Å². The van der Waals surface area contributed by atoms with Gasteiger partial charge in [-0.05, 0) is 35.9 Å². The van der Waals surface area contributed by atoms with Crippen LogP contribution in [0.15, 0.2) is 83.3 Å². The van der Waals surface area contributed by atoms with Gasteiger partial charge in [-0.25, -0.2) is 4.39 Å². The summed E-state index contributed by atoms with van der Waals surface area (Å²) >= 11 is 0. The minimum atomic E-state index is -0.507. The monoisotopic (exact) mass is 457 g/mol. The molecule has 34 heavy (non-hydrogen) atoms. The van der Waals surface area contributed by atoms with Gasteiger partial charge in [-0.1, -0.05) is 48.5 Å². The van der Waals surface area contributed by atoms with E-state index in [1.165, 1.54) is 23.8 Å². The molecule has 7 heteroatoms. The molecule has 2 amide bonds. The molecule has 1 saturated heterocycles. The zero-order chi connectivity index (χ0) is 23.5. The van der Waals surface area contributed by atoms with Crippen molar-refractivity contribution in [2.24, 2.45) is 0 Å². The number of para-hydroxylation sites is 1. The Bertz CT molecular complexity index is 1330. The maximum atomic E-state index is 13.6. The summed E-state index contributed by atoms with van der Waals surface area (Å²) in [6.45, 7) is 3.43. The van der Waals surface area contributed by atoms with Gasteiger partial charge < -0.3 is 14.6 Å². The van der Waals surface area contributed by atoms with Crippen molar-refractivity contribution in [1.82, 2.24) is 9.80 Å². The van der Waals surface area contributed by atoms with E-state index in [0.29, 0.717) is 29.7 Å². The molecule has 4 aromatic rings. The van der Waals surface area contributed by atoms with Crippen molar-refractivity contribution in [3.05, 3.63) is 102 Å². The zero-order valence-electron chi connectivity index (χ0n) is 18.5. The molecule has 1 aliphatic rings. The molecule has 0 aliphatic carbocycles. The number of carbonyl (C=O) groups excluding carboxylic acids is 2. The lowest BCUT2D eigenvalue weighted by atomic mass is 10.1. The molecule has 0 bridgehead atoms. The van der Waals surface area contributed by atoms with Crippen molar-refractivity contribution in [2.45, 2.75) is 6.54 Å². The highest BCUT2D eigenvalue weighted by Gasteiger charge is 2.29. The number of hydrogen-bond acceptors (Lipinski definition) is 4. The number of nitrogens with one attached hydrogen (secondary N) is 1. The van der Waals surface area contributed by atoms with Crippen molar-refractivity contribution in [3.8, 4) is 0 Å². The van der Waals surface area contributed by atoms with Gasteiger partial charge in [0, 0.05) is 43.7 Å². The van der Waals surface area contributed by atoms with E-state index in [0.717, 1.165) is 25.7 Å². The summed E-state index contributed by atoms with van der Waals surface area (Å²) in [4.78, 5) is 30.3. The highest BCUT2D eigenvalue weighted by Crippen LogP contribution is 2.32. The van der Waals surface area contributed by atoms with Crippen LogP contribution in [0.3, 0.4) is 0 Å². The van der Waals surface area contributed by atoms with Crippen molar-refractivity contribution < 1.29 is 18.4 Å². The third kappa shape index (κ3) is 4.56. The number of fused-ring (bicyclic) bond motifs is 1. The fourth-order valence-electron chi connectivity index (χ4n) is 4.23. The van der Waals surface area contributed by atoms with E-state index < -0.39 is 11.7 Å². The number of benzene rings is 3. The second-order valence-corrected chi connectivity index (χ2v) is 8.32. The van der Waals surface area contributed by atoms with Crippen LogP contribution in [0.4, 0.5) is 10.1 Å². The summed E-state index contributed by atoms with van der Waals surface area (Å²) in [5.74, 6) is -1.20. The second-order valence-electron chi connectivity index (χ2n) is 8.32. The molecule has 1 aromatic heterocycles. The molecule has 1 fully saturated rings. The SMILES string of the molecule is O=C(Nc1c(C(=O)N2CCN(Cc3ccccc3)CC2)oc2ccccc12)c1cccc(F)c1. The van der Waals surface area contributed by atoms with Crippen molar-refractivity contribution in [3.63, 3.8) is 0 Å². The van der Waals surface area contributed by atoms with Crippen LogP contribution in [-0.2, 0) is 6.54 Å². The molecular formula is C27H24FN3O3. The van der Waals surface area contributed by atoms with Gasteiger partial charge >= 0.3 is 0 Å². The van der Waals surface area contributed by atoms with Gasteiger partial charge in [-0.2, -0.15) is 0 Å². The third-order valence-corrected chi connectivity index (χ3v) is 6.02. The number of carbonyl (C=O) groups is 2. The molecule has 0 saturated carbocycles. The van der Waals surface area contributed by atoms with E-state index >= 15 is 0 Å². The molecule has 0 atom stereocenters. The Morgan fingerprint density at radius 3 is 2.38 bits per heavy atom. The van der Waals surface area contributed by atoms with Gasteiger partial charge in [0.05, 0.1) is 0 Å². The molecule has 1 aliphatic heterocycles. The first-order chi connectivity index (χ1) is 16.6. The van der Waals surface area contributed by atoms with Crippen LogP contribution in [0.1, 0.15) is 26.5 Å². The minimum Gasteiger partial charge on any atom is -0.449 e. The summed E-state index contributed by atoms with van der Waals surface area (Å²) in [7, 11) is 0. The molecule has 172 valence electrons. The number of rotatable bonds is 5. The smallest absolute Gasteiger partial charge is 0.291 e. The predicted molar refractivity (Wildman–Crippen MR) is 128 cm³/mol. The molecular weight excluding hydrogens is 433 g/mol. The number of anilines is 1. The summed E-state index contributed by atoms with van der Waals surface area (Å²) in [5, 5.41) is 3.40. The lowest BCUT2D eigenvalue weighted by Gasteiger charge is -2.34. The summed E-state index contributed by atoms with van der Waals surface area (Å²) in [6, 6.07) is 22.8. The average Bonchev–Trinajstić information content (AvgIpc) is 3.23. The number of hydrogen-bond donors (Lipinski definition) is 1. The van der Waals surface area contributed by atoms with Gasteiger partial charge in [-0.15, -0.1) is 0 Å². The van der Waals surface area contributed by atoms with Crippen molar-refractivity contribution in [1.29, 1.82) is 0 Å². The zero-order valence-corrected chi connectivity index (χ0v) is 18.5. The quantitative estimate of drug-likeness (QED) is 0.468. The first kappa shape index (κ1) is 21.9. The number of furan rings is 1. The number of nitrogens with zero attached hydrogens (tertiary/aromatic N) is 2. The Morgan fingerprint density at radius 2 is 1.62 bits per heavy atom. The predicted octanol–water partition coefficient (Wildman–Crippen LogP) is 4.78. The third-order valence-electron chi connectivity index (χ3n) is 6.02. The topological polar surface area (TPSA) is 65.8 Å². The van der Waals surface area contributed by atoms with Crippen LogP contribution >= 0.6 is 0 Å². The van der Waals surface area contributed by atoms with E-state index in [1.807, 2.05) is 24.3 Å². The Balaban J connectivity index is 1.35. The molecule has 6 nitrogen and oxygen atoms in total. The van der Waals surface area contributed by atoms with Crippen LogP contribution in [0, 0.1) is 5.82 Å². The van der Waals surface area contributed by atoms with Crippen LogP contribution in [-0.4, -0.2) is 47.8 Å². The summed E-state index contributed by atoms with van der Waals surface area (Å²) in [6.07, 6.45) is 0. The fourth-order valence-corrected chi connectivity index (χ4v) is 4.23. The minimum absolute atomic E-state index is 0.0856. The van der Waals surface area contributed by atoms with Crippen molar-refractivity contribution in [2.75, 3.05) is 31.5 Å². The Hall–Kier alpha value is -3.97. The van der Waals surface area contributed by atoms with Gasteiger partial charge in [-0.3, -0.25) is 14.5 Å². The largest absolute Gasteiger partial charge is 0.449 e. The van der Waals surface area contributed by atoms with Gasteiger partial charge in [0.15, 0.2) is 0 Å². The van der Waals surface area contributed by atoms with E-state index in [-0.39, 0.29) is 17.2 Å². The Kier molecular flexibility index (Phi) is 6.10. The summed E-state index contributed by atoms with van der Waals surface area (Å²) < 4.78 is 19.5. The normalized spacial score (nSPS) is 14.3. The average molecular weight is 458 g/mol. The molecule has 0 unspecified atom stereocenters. The van der Waals surface area contributed by atoms with Crippen molar-refractivity contribution >= 4 is 28.5 Å². The fraction of sp³-hybridized carbons (Fsp3) is 0.185. The van der Waals surface area contributed by atoms with E-state index in [1.54, 1.807) is 23.1 Å². The Labute approximate surface area is 196 Å². The van der Waals surface area contributed by atoms with Crippen LogP contribution in [0.2, 0.25) is 0 Å². The van der Waals surface area contributed by atoms with E-state index in [4.69, 9.17) is 4.42 Å². The maximum Gasteiger partial charge on any atom is 0.291 e. The highest BCUT2D eigenvalue weighted by molar-refractivity contribution is 6.14. The molecule has 3 aromatic carbocycles. The number of amides is 2. The number of halogens is 1. The van der Waals surface area contributed by atoms with E-state index in [9.17, 15) is 14.0 Å². The molecule has 5 rings (SSSR count). The first-order valence-electron chi connectivity index (χ1n) is 11.2. The second kappa shape index (κ2) is 9.49. The molecule has 1 N–H and O–H groups in total. The van der Waals surface area contributed by atoms with Crippen LogP contribution in [0.5, 0.6) is 0 Å². The standard InChI is InChI=1S/C27H24FN3O3/c28-21-10-6-9-20(17-21)26(32)29-24-22-11-4-5-12-23(22)34-25(24)27(33)31-15-13-30(14-16-31)18-19-7-2-1-3-8-19/h1-12,17H,13-16,18H2,(H,29,32). The lowest BCUT2D eigenvalue weighted by Crippen LogP contribution is -2.48. The maximum absolute atomic E-state index is 13.6. The van der Waals surface area contributed by atoms with Gasteiger partial charge in [0.1, 0.15) is 17.1 Å². The molecule has 0 radical (unpaired) electrons. The Morgan fingerprint density at radius 1 is 0.882 bits per heavy atom. The molecule has 2 heterocycles.